The highest BCUT2D eigenvalue weighted by molar-refractivity contribution is 6.31. The molecule has 0 saturated carbocycles. The van der Waals surface area contributed by atoms with E-state index in [1.807, 2.05) is 44.2 Å². The smallest absolute Gasteiger partial charge is 0.260 e. The van der Waals surface area contributed by atoms with Crippen LogP contribution in [0, 0.1) is 18.3 Å². The van der Waals surface area contributed by atoms with Crippen LogP contribution in [0.1, 0.15) is 51.7 Å². The Labute approximate surface area is 188 Å². The van der Waals surface area contributed by atoms with Crippen LogP contribution in [0.5, 0.6) is 0 Å². The summed E-state index contributed by atoms with van der Waals surface area (Å²) >= 11 is 6.25. The first-order valence-corrected chi connectivity index (χ1v) is 10.5. The fraction of sp³-hybridized carbons (Fsp3) is 0.320. The number of hydrogen-bond donors (Lipinski definition) is 0. The van der Waals surface area contributed by atoms with Crippen molar-refractivity contribution in [2.75, 3.05) is 0 Å². The van der Waals surface area contributed by atoms with Gasteiger partial charge in [-0.3, -0.25) is 14.5 Å². The lowest BCUT2D eigenvalue weighted by atomic mass is 9.99. The molecule has 0 bridgehead atoms. The molecule has 1 aromatic rings. The fourth-order valence-electron chi connectivity index (χ4n) is 3.07. The maximum absolute atomic E-state index is 13.2. The molecule has 0 saturated heterocycles. The van der Waals surface area contributed by atoms with Crippen molar-refractivity contribution in [3.05, 3.63) is 75.1 Å². The van der Waals surface area contributed by atoms with Crippen LogP contribution in [0.25, 0.3) is 5.76 Å². The Hall–Kier alpha value is -3.10. The van der Waals surface area contributed by atoms with Gasteiger partial charge in [-0.15, -0.1) is 0 Å². The highest BCUT2D eigenvalue weighted by Gasteiger charge is 2.25. The van der Waals surface area contributed by atoms with Gasteiger partial charge in [-0.25, -0.2) is 0 Å². The molecule has 162 valence electrons. The first-order chi connectivity index (χ1) is 14.7. The molecule has 5 nitrogen and oxygen atoms in total. The third-order valence-electron chi connectivity index (χ3n) is 5.45. The maximum Gasteiger partial charge on any atom is 0.260 e. The third-order valence-corrected chi connectivity index (χ3v) is 5.86. The van der Waals surface area contributed by atoms with Crippen LogP contribution in [0.4, 0.5) is 0 Å². The minimum Gasteiger partial charge on any atom is -0.457 e. The largest absolute Gasteiger partial charge is 0.457 e. The Morgan fingerprint density at radius 3 is 2.68 bits per heavy atom. The summed E-state index contributed by atoms with van der Waals surface area (Å²) in [7, 11) is 0. The highest BCUT2D eigenvalue weighted by atomic mass is 35.5. The van der Waals surface area contributed by atoms with E-state index in [1.54, 1.807) is 26.8 Å². The SMILES string of the molecule is CCC(C)N(C=O)C(=O)C(=C/C1=CCC=C(c2cccc(Cl)c2C)O1)/C(C)=C(\C)C#N. The lowest BCUT2D eigenvalue weighted by molar-refractivity contribution is -0.137. The van der Waals surface area contributed by atoms with Gasteiger partial charge in [-0.05, 0) is 76.0 Å². The molecular weight excluding hydrogens is 412 g/mol. The van der Waals surface area contributed by atoms with Gasteiger partial charge in [-0.1, -0.05) is 30.7 Å². The predicted molar refractivity (Wildman–Crippen MR) is 123 cm³/mol. The normalized spacial score (nSPS) is 15.6. The van der Waals surface area contributed by atoms with Crippen molar-refractivity contribution < 1.29 is 14.3 Å². The number of carbonyl (C=O) groups excluding carboxylic acids is 2. The number of carbonyl (C=O) groups is 2. The van der Waals surface area contributed by atoms with Crippen LogP contribution in [0.2, 0.25) is 5.02 Å². The maximum atomic E-state index is 13.2. The summed E-state index contributed by atoms with van der Waals surface area (Å²) in [5.74, 6) is 0.657. The number of benzene rings is 1. The molecule has 31 heavy (non-hydrogen) atoms. The predicted octanol–water partition coefficient (Wildman–Crippen LogP) is 5.86. The lowest BCUT2D eigenvalue weighted by Crippen LogP contribution is -2.38. The van der Waals surface area contributed by atoms with Crippen molar-refractivity contribution in [1.82, 2.24) is 4.90 Å². The van der Waals surface area contributed by atoms with E-state index in [1.165, 1.54) is 0 Å². The number of imide groups is 1. The van der Waals surface area contributed by atoms with E-state index in [0.717, 1.165) is 16.0 Å². The van der Waals surface area contributed by atoms with E-state index >= 15 is 0 Å². The van der Waals surface area contributed by atoms with Crippen molar-refractivity contribution in [1.29, 1.82) is 5.26 Å². The zero-order valence-electron chi connectivity index (χ0n) is 18.5. The molecule has 1 aliphatic rings. The molecule has 1 atom stereocenters. The van der Waals surface area contributed by atoms with Gasteiger partial charge in [-0.2, -0.15) is 5.26 Å². The second-order valence-electron chi connectivity index (χ2n) is 7.42. The number of ether oxygens (including phenoxy) is 1. The van der Waals surface area contributed by atoms with E-state index in [4.69, 9.17) is 16.3 Å². The molecule has 1 unspecified atom stereocenters. The van der Waals surface area contributed by atoms with Crippen molar-refractivity contribution in [2.24, 2.45) is 0 Å². The van der Waals surface area contributed by atoms with Crippen LogP contribution >= 0.6 is 11.6 Å². The summed E-state index contributed by atoms with van der Waals surface area (Å²) in [6.45, 7) is 8.96. The second kappa shape index (κ2) is 10.8. The molecule has 2 amide bonds. The van der Waals surface area contributed by atoms with Crippen LogP contribution < -0.4 is 0 Å². The van der Waals surface area contributed by atoms with E-state index < -0.39 is 5.91 Å². The number of nitriles is 1. The molecule has 0 N–H and O–H groups in total. The number of amides is 2. The molecule has 0 aromatic heterocycles. The number of allylic oxidation sites excluding steroid dienone is 4. The van der Waals surface area contributed by atoms with Gasteiger partial charge >= 0.3 is 0 Å². The van der Waals surface area contributed by atoms with Gasteiger partial charge in [0.1, 0.15) is 11.5 Å². The Bertz CT molecular complexity index is 1040. The first kappa shape index (κ1) is 24.2. The summed E-state index contributed by atoms with van der Waals surface area (Å²) in [6, 6.07) is 7.41. The molecule has 1 heterocycles. The second-order valence-corrected chi connectivity index (χ2v) is 7.83. The quantitative estimate of drug-likeness (QED) is 0.231. The van der Waals surface area contributed by atoms with Gasteiger partial charge in [0.15, 0.2) is 0 Å². The summed E-state index contributed by atoms with van der Waals surface area (Å²) in [5.41, 5.74) is 2.92. The Kier molecular flexibility index (Phi) is 8.41. The van der Waals surface area contributed by atoms with Crippen LogP contribution in [0.15, 0.2) is 58.9 Å². The van der Waals surface area contributed by atoms with Crippen molar-refractivity contribution in [2.45, 2.75) is 53.5 Å². The minimum absolute atomic E-state index is 0.252. The Balaban J connectivity index is 2.47. The average Bonchev–Trinajstić information content (AvgIpc) is 2.78. The zero-order valence-corrected chi connectivity index (χ0v) is 19.3. The summed E-state index contributed by atoms with van der Waals surface area (Å²) in [6.07, 6.45) is 7.16. The van der Waals surface area contributed by atoms with Crippen LogP contribution in [0.3, 0.4) is 0 Å². The van der Waals surface area contributed by atoms with Gasteiger partial charge < -0.3 is 4.74 Å². The first-order valence-electron chi connectivity index (χ1n) is 10.2. The van der Waals surface area contributed by atoms with Crippen molar-refractivity contribution in [3.63, 3.8) is 0 Å². The topological polar surface area (TPSA) is 70.4 Å². The molecule has 1 aromatic carbocycles. The van der Waals surface area contributed by atoms with E-state index in [9.17, 15) is 14.9 Å². The minimum atomic E-state index is -0.462. The van der Waals surface area contributed by atoms with E-state index in [2.05, 4.69) is 6.07 Å². The van der Waals surface area contributed by atoms with Crippen LogP contribution in [-0.2, 0) is 14.3 Å². The number of hydrogen-bond acceptors (Lipinski definition) is 4. The molecule has 0 spiro atoms. The van der Waals surface area contributed by atoms with Gasteiger partial charge in [0.25, 0.3) is 5.91 Å². The van der Waals surface area contributed by atoms with Gasteiger partial charge in [0, 0.05) is 27.8 Å². The standard InChI is InChI=1S/C25H27ClN2O3/c1-6-17(3)28(15-29)25(30)22(18(4)16(2)14-27)13-20-9-7-12-24(31-20)21-10-8-11-23(26)19(21)5/h8-13,15,17H,6-7H2,1-5H3/b18-16+,22-13+. The number of nitrogens with zero attached hydrogens (tertiary/aromatic N) is 2. The Morgan fingerprint density at radius 1 is 1.35 bits per heavy atom. The molecule has 0 radical (unpaired) electrons. The highest BCUT2D eigenvalue weighted by Crippen LogP contribution is 2.31. The molecular formula is C25H27ClN2O3. The van der Waals surface area contributed by atoms with Gasteiger partial charge in [0.05, 0.1) is 6.07 Å². The number of rotatable bonds is 7. The van der Waals surface area contributed by atoms with Crippen molar-refractivity contribution in [3.8, 4) is 6.07 Å². The fourth-order valence-corrected chi connectivity index (χ4v) is 3.24. The molecule has 2 rings (SSSR count). The lowest BCUT2D eigenvalue weighted by Gasteiger charge is -2.24. The number of halogens is 1. The average molecular weight is 439 g/mol. The monoisotopic (exact) mass is 438 g/mol. The third kappa shape index (κ3) is 5.53. The molecule has 1 aliphatic heterocycles. The summed E-state index contributed by atoms with van der Waals surface area (Å²) in [5, 5.41) is 9.98. The van der Waals surface area contributed by atoms with Crippen molar-refractivity contribution >= 4 is 29.7 Å². The Morgan fingerprint density at radius 2 is 2.06 bits per heavy atom. The molecule has 0 aliphatic carbocycles. The summed E-state index contributed by atoms with van der Waals surface area (Å²) in [4.78, 5) is 26.0. The van der Waals surface area contributed by atoms with E-state index in [-0.39, 0.29) is 11.6 Å². The molecule has 6 heteroatoms. The van der Waals surface area contributed by atoms with E-state index in [0.29, 0.717) is 46.9 Å². The summed E-state index contributed by atoms with van der Waals surface area (Å²) < 4.78 is 6.08. The molecule has 0 fully saturated rings. The van der Waals surface area contributed by atoms with Gasteiger partial charge in [0.2, 0.25) is 6.41 Å². The van der Waals surface area contributed by atoms with Crippen LogP contribution in [-0.4, -0.2) is 23.3 Å². The zero-order chi connectivity index (χ0) is 23.1.